The fourth-order valence-corrected chi connectivity index (χ4v) is 2.55. The minimum atomic E-state index is 0.101. The van der Waals surface area contributed by atoms with Crippen LogP contribution < -0.4 is 5.73 Å². The molecular weight excluding hydrogens is 226 g/mol. The van der Waals surface area contributed by atoms with E-state index in [1.165, 1.54) is 5.56 Å². The lowest BCUT2D eigenvalue weighted by Gasteiger charge is -2.12. The Labute approximate surface area is 106 Å². The standard InChI is InChI=1S/C14H17N3O/c1-9-5-2-3-6-10(9)12-13(16-17-14(12)15)11-7-4-8-18-11/h2-3,5-6,11H,4,7-8H2,1H3,(H3,15,16,17). The summed E-state index contributed by atoms with van der Waals surface area (Å²) in [4.78, 5) is 0. The Morgan fingerprint density at radius 2 is 2.22 bits per heavy atom. The summed E-state index contributed by atoms with van der Waals surface area (Å²) in [6.45, 7) is 2.90. The first-order valence-electron chi connectivity index (χ1n) is 6.28. The van der Waals surface area contributed by atoms with Crippen molar-refractivity contribution in [2.24, 2.45) is 0 Å². The van der Waals surface area contributed by atoms with Gasteiger partial charge in [0.05, 0.1) is 11.8 Å². The van der Waals surface area contributed by atoms with E-state index in [0.29, 0.717) is 5.82 Å². The highest BCUT2D eigenvalue weighted by Gasteiger charge is 2.25. The summed E-state index contributed by atoms with van der Waals surface area (Å²) in [6, 6.07) is 8.21. The number of hydrogen-bond donors (Lipinski definition) is 2. The Morgan fingerprint density at radius 3 is 2.94 bits per heavy atom. The van der Waals surface area contributed by atoms with E-state index in [1.54, 1.807) is 0 Å². The molecule has 1 aromatic heterocycles. The average molecular weight is 243 g/mol. The molecule has 0 spiro atoms. The maximum atomic E-state index is 6.01. The number of nitrogens with two attached hydrogens (primary N) is 1. The van der Waals surface area contributed by atoms with Gasteiger partial charge in [-0.05, 0) is 30.9 Å². The lowest BCUT2D eigenvalue weighted by Crippen LogP contribution is -1.99. The Balaban J connectivity index is 2.11. The molecule has 94 valence electrons. The lowest BCUT2D eigenvalue weighted by molar-refractivity contribution is 0.109. The molecule has 2 heterocycles. The number of hydrogen-bond acceptors (Lipinski definition) is 3. The van der Waals surface area contributed by atoms with E-state index in [1.807, 2.05) is 12.1 Å². The zero-order chi connectivity index (χ0) is 12.5. The summed E-state index contributed by atoms with van der Waals surface area (Å²) in [5, 5.41) is 7.19. The molecule has 1 unspecified atom stereocenters. The molecule has 1 aliphatic rings. The molecular formula is C14H17N3O. The molecule has 1 fully saturated rings. The molecule has 0 radical (unpaired) electrons. The fraction of sp³-hybridized carbons (Fsp3) is 0.357. The molecule has 3 rings (SSSR count). The number of ether oxygens (including phenoxy) is 1. The van der Waals surface area contributed by atoms with Crippen LogP contribution >= 0.6 is 0 Å². The van der Waals surface area contributed by atoms with E-state index in [2.05, 4.69) is 29.3 Å². The van der Waals surface area contributed by atoms with E-state index in [9.17, 15) is 0 Å². The normalized spacial score (nSPS) is 19.3. The second-order valence-electron chi connectivity index (χ2n) is 4.71. The number of anilines is 1. The Hall–Kier alpha value is -1.81. The van der Waals surface area contributed by atoms with Crippen molar-refractivity contribution in [3.05, 3.63) is 35.5 Å². The van der Waals surface area contributed by atoms with Crippen LogP contribution in [0.2, 0.25) is 0 Å². The second kappa shape index (κ2) is 4.46. The molecule has 2 aromatic rings. The van der Waals surface area contributed by atoms with Crippen molar-refractivity contribution >= 4 is 5.82 Å². The van der Waals surface area contributed by atoms with Gasteiger partial charge in [-0.1, -0.05) is 24.3 Å². The van der Waals surface area contributed by atoms with Gasteiger partial charge in [-0.25, -0.2) is 0 Å². The molecule has 0 aliphatic carbocycles. The Morgan fingerprint density at radius 1 is 1.39 bits per heavy atom. The van der Waals surface area contributed by atoms with Gasteiger partial charge in [0.2, 0.25) is 0 Å². The highest BCUT2D eigenvalue weighted by Crippen LogP contribution is 2.38. The number of benzene rings is 1. The molecule has 4 heteroatoms. The highest BCUT2D eigenvalue weighted by atomic mass is 16.5. The van der Waals surface area contributed by atoms with E-state index in [0.717, 1.165) is 36.3 Å². The van der Waals surface area contributed by atoms with Gasteiger partial charge in [-0.15, -0.1) is 0 Å². The topological polar surface area (TPSA) is 63.9 Å². The number of aromatic amines is 1. The molecule has 1 aliphatic heterocycles. The molecule has 1 atom stereocenters. The van der Waals surface area contributed by atoms with Gasteiger partial charge in [-0.3, -0.25) is 5.10 Å². The van der Waals surface area contributed by atoms with Crippen LogP contribution in [-0.4, -0.2) is 16.8 Å². The average Bonchev–Trinajstić information content (AvgIpc) is 2.99. The number of H-pyrrole nitrogens is 1. The number of nitrogen functional groups attached to an aromatic ring is 1. The van der Waals surface area contributed by atoms with Crippen molar-refractivity contribution in [3.8, 4) is 11.1 Å². The highest BCUT2D eigenvalue weighted by molar-refractivity contribution is 5.78. The van der Waals surface area contributed by atoms with Crippen molar-refractivity contribution < 1.29 is 4.74 Å². The zero-order valence-electron chi connectivity index (χ0n) is 10.4. The van der Waals surface area contributed by atoms with Crippen LogP contribution in [0.1, 0.15) is 30.2 Å². The molecule has 4 nitrogen and oxygen atoms in total. The van der Waals surface area contributed by atoms with E-state index < -0.39 is 0 Å². The quantitative estimate of drug-likeness (QED) is 0.852. The van der Waals surface area contributed by atoms with Gasteiger partial charge in [0.15, 0.2) is 5.82 Å². The third kappa shape index (κ3) is 1.78. The molecule has 3 N–H and O–H groups in total. The lowest BCUT2D eigenvalue weighted by atomic mass is 9.97. The summed E-state index contributed by atoms with van der Waals surface area (Å²) in [7, 11) is 0. The molecule has 0 bridgehead atoms. The molecule has 0 amide bonds. The number of rotatable bonds is 2. The summed E-state index contributed by atoms with van der Waals surface area (Å²) in [5.74, 6) is 0.551. The first kappa shape index (κ1) is 11.3. The fourth-order valence-electron chi connectivity index (χ4n) is 2.55. The number of nitrogens with one attached hydrogen (secondary N) is 1. The van der Waals surface area contributed by atoms with Crippen molar-refractivity contribution in [3.63, 3.8) is 0 Å². The van der Waals surface area contributed by atoms with Crippen LogP contribution in [0.4, 0.5) is 5.82 Å². The third-order valence-electron chi connectivity index (χ3n) is 3.49. The minimum Gasteiger partial charge on any atom is -0.382 e. The van der Waals surface area contributed by atoms with Gasteiger partial charge in [0, 0.05) is 12.2 Å². The maximum Gasteiger partial charge on any atom is 0.153 e. The number of nitrogens with zero attached hydrogens (tertiary/aromatic N) is 1. The summed E-state index contributed by atoms with van der Waals surface area (Å²) in [5.41, 5.74) is 10.4. The third-order valence-corrected chi connectivity index (χ3v) is 3.49. The van der Waals surface area contributed by atoms with Crippen molar-refractivity contribution in [2.75, 3.05) is 12.3 Å². The SMILES string of the molecule is Cc1ccccc1-c1c(N)n[nH]c1C1CCCO1. The predicted octanol–water partition coefficient (Wildman–Crippen LogP) is 2.82. The Kier molecular flexibility index (Phi) is 2.80. The smallest absolute Gasteiger partial charge is 0.153 e. The van der Waals surface area contributed by atoms with Crippen LogP contribution in [0.15, 0.2) is 24.3 Å². The van der Waals surface area contributed by atoms with Gasteiger partial charge in [0.1, 0.15) is 0 Å². The van der Waals surface area contributed by atoms with Gasteiger partial charge in [0.25, 0.3) is 0 Å². The maximum absolute atomic E-state index is 6.01. The molecule has 1 saturated heterocycles. The molecule has 1 aromatic carbocycles. The van der Waals surface area contributed by atoms with E-state index >= 15 is 0 Å². The van der Waals surface area contributed by atoms with Crippen LogP contribution in [0.3, 0.4) is 0 Å². The van der Waals surface area contributed by atoms with Crippen LogP contribution in [0.5, 0.6) is 0 Å². The molecule has 0 saturated carbocycles. The monoisotopic (exact) mass is 243 g/mol. The summed E-state index contributed by atoms with van der Waals surface area (Å²) >= 11 is 0. The number of aromatic nitrogens is 2. The first-order chi connectivity index (χ1) is 8.77. The molecule has 18 heavy (non-hydrogen) atoms. The van der Waals surface area contributed by atoms with Crippen molar-refractivity contribution in [1.29, 1.82) is 0 Å². The van der Waals surface area contributed by atoms with Gasteiger partial charge < -0.3 is 10.5 Å². The number of aryl methyl sites for hydroxylation is 1. The van der Waals surface area contributed by atoms with Crippen LogP contribution in [-0.2, 0) is 4.74 Å². The largest absolute Gasteiger partial charge is 0.382 e. The second-order valence-corrected chi connectivity index (χ2v) is 4.71. The van der Waals surface area contributed by atoms with Crippen LogP contribution in [0, 0.1) is 6.92 Å². The van der Waals surface area contributed by atoms with E-state index in [-0.39, 0.29) is 6.10 Å². The minimum absolute atomic E-state index is 0.101. The first-order valence-corrected chi connectivity index (χ1v) is 6.28. The summed E-state index contributed by atoms with van der Waals surface area (Å²) < 4.78 is 5.73. The predicted molar refractivity (Wildman–Crippen MR) is 71.1 cm³/mol. The summed E-state index contributed by atoms with van der Waals surface area (Å²) in [6.07, 6.45) is 2.22. The van der Waals surface area contributed by atoms with Crippen molar-refractivity contribution in [2.45, 2.75) is 25.9 Å². The van der Waals surface area contributed by atoms with E-state index in [4.69, 9.17) is 10.5 Å². The van der Waals surface area contributed by atoms with Crippen LogP contribution in [0.25, 0.3) is 11.1 Å². The van der Waals surface area contributed by atoms with Crippen molar-refractivity contribution in [1.82, 2.24) is 10.2 Å². The zero-order valence-corrected chi connectivity index (χ0v) is 10.4. The Bertz CT molecular complexity index is 556. The van der Waals surface area contributed by atoms with Gasteiger partial charge in [-0.2, -0.15) is 5.10 Å². The van der Waals surface area contributed by atoms with Gasteiger partial charge >= 0.3 is 0 Å².